The molecule has 3 rings (SSSR count). The summed E-state index contributed by atoms with van der Waals surface area (Å²) < 4.78 is 14.9. The third kappa shape index (κ3) is 4.89. The number of amides is 2. The van der Waals surface area contributed by atoms with E-state index in [0.717, 1.165) is 22.6 Å². The van der Waals surface area contributed by atoms with E-state index >= 15 is 0 Å². The van der Waals surface area contributed by atoms with Crippen molar-refractivity contribution in [2.75, 3.05) is 5.32 Å². The van der Waals surface area contributed by atoms with E-state index in [9.17, 15) is 14.0 Å². The Balaban J connectivity index is 1.66. The summed E-state index contributed by atoms with van der Waals surface area (Å²) in [6.07, 6.45) is 1.47. The van der Waals surface area contributed by atoms with Gasteiger partial charge in [0.25, 0.3) is 0 Å². The number of halogens is 2. The highest BCUT2D eigenvalue weighted by molar-refractivity contribution is 6.39. The van der Waals surface area contributed by atoms with Crippen LogP contribution < -0.4 is 10.7 Å². The van der Waals surface area contributed by atoms with E-state index in [0.29, 0.717) is 10.7 Å². The molecule has 0 aliphatic rings. The Labute approximate surface area is 172 Å². The molecule has 0 unspecified atom stereocenters. The van der Waals surface area contributed by atoms with E-state index in [1.807, 2.05) is 48.7 Å². The fourth-order valence-corrected chi connectivity index (χ4v) is 2.96. The van der Waals surface area contributed by atoms with Crippen molar-refractivity contribution in [3.8, 4) is 5.69 Å². The lowest BCUT2D eigenvalue weighted by molar-refractivity contribution is -0.136. The molecule has 2 amide bonds. The number of carbonyl (C=O) groups excluding carboxylic acids is 2. The third-order valence-corrected chi connectivity index (χ3v) is 4.49. The van der Waals surface area contributed by atoms with Crippen LogP contribution in [-0.2, 0) is 9.59 Å². The van der Waals surface area contributed by atoms with E-state index in [-0.39, 0.29) is 0 Å². The SMILES string of the molecule is Cc1cc(/C=N\NC(=O)C(=O)Nc2ccc(F)cc2)c(C)n1-c1ccc(Cl)cc1. The molecule has 0 fully saturated rings. The van der Waals surface area contributed by atoms with Crippen LogP contribution in [0, 0.1) is 19.7 Å². The van der Waals surface area contributed by atoms with Crippen molar-refractivity contribution in [1.29, 1.82) is 0 Å². The van der Waals surface area contributed by atoms with Crippen molar-refractivity contribution < 1.29 is 14.0 Å². The van der Waals surface area contributed by atoms with Gasteiger partial charge in [-0.15, -0.1) is 0 Å². The van der Waals surface area contributed by atoms with Crippen LogP contribution >= 0.6 is 11.6 Å². The van der Waals surface area contributed by atoms with E-state index in [4.69, 9.17) is 11.6 Å². The molecule has 148 valence electrons. The maximum absolute atomic E-state index is 12.9. The minimum atomic E-state index is -0.933. The Hall–Kier alpha value is -3.45. The monoisotopic (exact) mass is 412 g/mol. The maximum atomic E-state index is 12.9. The average Bonchev–Trinajstić information content (AvgIpc) is 2.97. The van der Waals surface area contributed by atoms with Crippen molar-refractivity contribution in [2.24, 2.45) is 5.10 Å². The molecule has 0 radical (unpaired) electrons. The van der Waals surface area contributed by atoms with Gasteiger partial charge in [-0.05, 0) is 68.4 Å². The molecule has 0 bridgehead atoms. The number of aromatic nitrogens is 1. The lowest BCUT2D eigenvalue weighted by Gasteiger charge is -2.09. The predicted molar refractivity (Wildman–Crippen MR) is 111 cm³/mol. The lowest BCUT2D eigenvalue weighted by Crippen LogP contribution is -2.32. The smallest absolute Gasteiger partial charge is 0.318 e. The zero-order valence-corrected chi connectivity index (χ0v) is 16.5. The highest BCUT2D eigenvalue weighted by Crippen LogP contribution is 2.21. The van der Waals surface area contributed by atoms with Crippen molar-refractivity contribution >= 4 is 35.3 Å². The minimum Gasteiger partial charge on any atom is -0.318 e. The number of nitrogens with one attached hydrogen (secondary N) is 2. The fourth-order valence-electron chi connectivity index (χ4n) is 2.84. The first kappa shape index (κ1) is 20.3. The molecule has 1 aromatic heterocycles. The second kappa shape index (κ2) is 8.70. The second-order valence-corrected chi connectivity index (χ2v) is 6.73. The summed E-state index contributed by atoms with van der Waals surface area (Å²) in [4.78, 5) is 23.8. The molecule has 29 heavy (non-hydrogen) atoms. The molecule has 0 saturated carbocycles. The Bertz CT molecular complexity index is 1070. The first-order valence-electron chi connectivity index (χ1n) is 8.70. The molecule has 2 aromatic carbocycles. The van der Waals surface area contributed by atoms with Crippen LogP contribution in [0.15, 0.2) is 59.7 Å². The summed E-state index contributed by atoms with van der Waals surface area (Å²) in [5.41, 5.74) is 6.12. The van der Waals surface area contributed by atoms with Gasteiger partial charge < -0.3 is 9.88 Å². The number of hydrazone groups is 1. The molecule has 0 spiro atoms. The molecule has 0 atom stereocenters. The second-order valence-electron chi connectivity index (χ2n) is 6.30. The minimum absolute atomic E-state index is 0.307. The number of aryl methyl sites for hydroxylation is 1. The Morgan fingerprint density at radius 3 is 2.34 bits per heavy atom. The molecule has 6 nitrogen and oxygen atoms in total. The first-order valence-corrected chi connectivity index (χ1v) is 9.08. The van der Waals surface area contributed by atoms with E-state index in [2.05, 4.69) is 15.8 Å². The molecule has 3 aromatic rings. The maximum Gasteiger partial charge on any atom is 0.329 e. The third-order valence-electron chi connectivity index (χ3n) is 4.23. The highest BCUT2D eigenvalue weighted by Gasteiger charge is 2.13. The van der Waals surface area contributed by atoms with Gasteiger partial charge in [0.15, 0.2) is 0 Å². The van der Waals surface area contributed by atoms with Gasteiger partial charge in [0.2, 0.25) is 0 Å². The highest BCUT2D eigenvalue weighted by atomic mass is 35.5. The molecular weight excluding hydrogens is 395 g/mol. The number of rotatable bonds is 4. The van der Waals surface area contributed by atoms with Crippen LogP contribution in [0.3, 0.4) is 0 Å². The van der Waals surface area contributed by atoms with Gasteiger partial charge in [-0.1, -0.05) is 11.6 Å². The molecule has 0 aliphatic heterocycles. The number of anilines is 1. The van der Waals surface area contributed by atoms with Crippen molar-refractivity contribution in [3.63, 3.8) is 0 Å². The summed E-state index contributed by atoms with van der Waals surface area (Å²) in [6, 6.07) is 14.4. The number of benzene rings is 2. The average molecular weight is 413 g/mol. The number of nitrogens with zero attached hydrogens (tertiary/aromatic N) is 2. The Morgan fingerprint density at radius 1 is 1.03 bits per heavy atom. The number of hydrogen-bond acceptors (Lipinski definition) is 3. The number of carbonyl (C=O) groups is 2. The van der Waals surface area contributed by atoms with Crippen molar-refractivity contribution in [1.82, 2.24) is 9.99 Å². The van der Waals surface area contributed by atoms with Crippen LogP contribution in [0.2, 0.25) is 5.02 Å². The Kier molecular flexibility index (Phi) is 6.09. The van der Waals surface area contributed by atoms with Gasteiger partial charge in [-0.3, -0.25) is 9.59 Å². The largest absolute Gasteiger partial charge is 0.329 e. The van der Waals surface area contributed by atoms with E-state index in [1.165, 1.54) is 30.5 Å². The van der Waals surface area contributed by atoms with Gasteiger partial charge in [0, 0.05) is 33.3 Å². The van der Waals surface area contributed by atoms with Gasteiger partial charge >= 0.3 is 11.8 Å². The summed E-state index contributed by atoms with van der Waals surface area (Å²) in [6.45, 7) is 3.87. The zero-order valence-electron chi connectivity index (χ0n) is 15.7. The standard InChI is InChI=1S/C21H18ClFN4O2/c1-13-11-15(14(2)27(13)19-9-3-16(22)4-10-19)12-24-26-21(29)20(28)25-18-7-5-17(23)6-8-18/h3-12H,1-2H3,(H,25,28)(H,26,29)/b24-12-. The van der Waals surface area contributed by atoms with Gasteiger partial charge in [-0.25, -0.2) is 9.82 Å². The molecular formula is C21H18ClFN4O2. The summed E-state index contributed by atoms with van der Waals surface area (Å²) in [7, 11) is 0. The molecule has 2 N–H and O–H groups in total. The van der Waals surface area contributed by atoms with Gasteiger partial charge in [0.05, 0.1) is 6.21 Å². The van der Waals surface area contributed by atoms with Crippen LogP contribution in [-0.4, -0.2) is 22.6 Å². The summed E-state index contributed by atoms with van der Waals surface area (Å²) in [5, 5.41) is 6.88. The normalized spacial score (nSPS) is 10.9. The molecule has 1 heterocycles. The molecule has 0 saturated heterocycles. The van der Waals surface area contributed by atoms with Crippen LogP contribution in [0.25, 0.3) is 5.69 Å². The topological polar surface area (TPSA) is 75.5 Å². The zero-order chi connectivity index (χ0) is 21.0. The van der Waals surface area contributed by atoms with E-state index in [1.54, 1.807) is 0 Å². The first-order chi connectivity index (χ1) is 13.8. The van der Waals surface area contributed by atoms with Gasteiger partial charge in [0.1, 0.15) is 5.82 Å². The predicted octanol–water partition coefficient (Wildman–Crippen LogP) is 3.98. The fraction of sp³-hybridized carbons (Fsp3) is 0.0952. The van der Waals surface area contributed by atoms with Gasteiger partial charge in [-0.2, -0.15) is 5.10 Å². The van der Waals surface area contributed by atoms with Crippen molar-refractivity contribution in [2.45, 2.75) is 13.8 Å². The van der Waals surface area contributed by atoms with Crippen LogP contribution in [0.5, 0.6) is 0 Å². The molecule has 0 aliphatic carbocycles. The quantitative estimate of drug-likeness (QED) is 0.386. The summed E-state index contributed by atoms with van der Waals surface area (Å²) in [5.74, 6) is -2.27. The number of hydrogen-bond donors (Lipinski definition) is 2. The summed E-state index contributed by atoms with van der Waals surface area (Å²) >= 11 is 5.95. The van der Waals surface area contributed by atoms with E-state index < -0.39 is 17.6 Å². The van der Waals surface area contributed by atoms with Crippen LogP contribution in [0.4, 0.5) is 10.1 Å². The Morgan fingerprint density at radius 2 is 1.69 bits per heavy atom. The molecule has 8 heteroatoms. The van der Waals surface area contributed by atoms with Crippen molar-refractivity contribution in [3.05, 3.63) is 82.4 Å². The lowest BCUT2D eigenvalue weighted by atomic mass is 10.2. The van der Waals surface area contributed by atoms with Crippen LogP contribution in [0.1, 0.15) is 17.0 Å².